The smallest absolute Gasteiger partial charge is 0.407 e. The van der Waals surface area contributed by atoms with Gasteiger partial charge in [-0.1, -0.05) is 36.4 Å². The molecule has 3 saturated heterocycles. The average molecular weight is 588 g/mol. The van der Waals surface area contributed by atoms with E-state index >= 15 is 0 Å². The number of piperidine rings is 2. The van der Waals surface area contributed by atoms with Crippen molar-refractivity contribution in [1.82, 2.24) is 20.4 Å². The Kier molecular flexibility index (Phi) is 8.42. The third-order valence-electron chi connectivity index (χ3n) is 9.05. The Balaban J connectivity index is 0.972. The summed E-state index contributed by atoms with van der Waals surface area (Å²) in [6.07, 6.45) is 3.65. The van der Waals surface area contributed by atoms with Crippen LogP contribution >= 0.6 is 0 Å². The summed E-state index contributed by atoms with van der Waals surface area (Å²) in [5.41, 5.74) is 2.37. The van der Waals surface area contributed by atoms with E-state index < -0.39 is 23.8 Å². The lowest BCUT2D eigenvalue weighted by Gasteiger charge is -2.32. The average Bonchev–Trinajstić information content (AvgIpc) is 3.59. The van der Waals surface area contributed by atoms with E-state index in [-0.39, 0.29) is 37.5 Å². The molecule has 2 unspecified atom stereocenters. The molecule has 0 spiro atoms. The topological polar surface area (TPSA) is 128 Å². The van der Waals surface area contributed by atoms with Crippen molar-refractivity contribution in [3.63, 3.8) is 0 Å². The van der Waals surface area contributed by atoms with Crippen molar-refractivity contribution >= 4 is 35.4 Å². The number of rotatable bonds is 8. The zero-order valence-corrected chi connectivity index (χ0v) is 24.1. The van der Waals surface area contributed by atoms with Crippen LogP contribution in [-0.2, 0) is 20.9 Å². The van der Waals surface area contributed by atoms with Gasteiger partial charge in [0.25, 0.3) is 11.8 Å². The first-order valence-electron chi connectivity index (χ1n) is 15.2. The molecule has 5 amide bonds. The third kappa shape index (κ3) is 6.27. The molecule has 43 heavy (non-hydrogen) atoms. The molecule has 4 aliphatic heterocycles. The number of carbonyl (C=O) groups is 5. The van der Waals surface area contributed by atoms with Gasteiger partial charge < -0.3 is 19.9 Å². The van der Waals surface area contributed by atoms with E-state index in [0.29, 0.717) is 17.0 Å². The molecule has 2 N–H and O–H groups in total. The number of hydrogen-bond donors (Lipinski definition) is 2. The van der Waals surface area contributed by atoms with Gasteiger partial charge in [-0.2, -0.15) is 0 Å². The van der Waals surface area contributed by atoms with E-state index in [0.717, 1.165) is 74.6 Å². The second kappa shape index (κ2) is 12.5. The van der Waals surface area contributed by atoms with Gasteiger partial charge in [0.2, 0.25) is 11.8 Å². The van der Waals surface area contributed by atoms with Crippen molar-refractivity contribution in [3.8, 4) is 0 Å². The Morgan fingerprint density at radius 1 is 0.907 bits per heavy atom. The maximum Gasteiger partial charge on any atom is 0.407 e. The fraction of sp³-hybridized carbons (Fsp3) is 0.469. The first-order chi connectivity index (χ1) is 20.9. The van der Waals surface area contributed by atoms with Crippen LogP contribution < -0.4 is 15.5 Å². The SMILES string of the molecule is O=C1CCC(N2C(=O)c3cccc(N4CCC(CCN5CCC(NC(=O)OCc6ccccc6)CC5)C4)c3C2=O)C(=O)N1. The van der Waals surface area contributed by atoms with Crippen molar-refractivity contribution < 1.29 is 28.7 Å². The quantitative estimate of drug-likeness (QED) is 0.452. The van der Waals surface area contributed by atoms with Gasteiger partial charge in [0.15, 0.2) is 0 Å². The van der Waals surface area contributed by atoms with E-state index in [4.69, 9.17) is 4.74 Å². The molecule has 226 valence electrons. The molecular formula is C32H37N5O6. The molecule has 11 heteroatoms. The number of alkyl carbamates (subject to hydrolysis) is 1. The Bertz CT molecular complexity index is 1410. The summed E-state index contributed by atoms with van der Waals surface area (Å²) in [4.78, 5) is 68.6. The molecule has 4 aliphatic rings. The number of nitrogens with one attached hydrogen (secondary N) is 2. The molecule has 2 aromatic rings. The Morgan fingerprint density at radius 2 is 1.70 bits per heavy atom. The molecule has 3 fully saturated rings. The molecule has 0 radical (unpaired) electrons. The predicted octanol–water partition coefficient (Wildman–Crippen LogP) is 2.70. The molecule has 6 rings (SSSR count). The van der Waals surface area contributed by atoms with Crippen molar-refractivity contribution in [3.05, 3.63) is 65.2 Å². The number of fused-ring (bicyclic) bond motifs is 1. The van der Waals surface area contributed by atoms with Crippen LogP contribution in [0.25, 0.3) is 0 Å². The van der Waals surface area contributed by atoms with Crippen molar-refractivity contribution in [2.45, 2.75) is 57.2 Å². The van der Waals surface area contributed by atoms with E-state index in [1.165, 1.54) is 0 Å². The van der Waals surface area contributed by atoms with Crippen LogP contribution in [0.2, 0.25) is 0 Å². The van der Waals surface area contributed by atoms with Gasteiger partial charge >= 0.3 is 6.09 Å². The van der Waals surface area contributed by atoms with E-state index in [1.807, 2.05) is 36.4 Å². The highest BCUT2D eigenvalue weighted by Crippen LogP contribution is 2.36. The first-order valence-corrected chi connectivity index (χ1v) is 15.2. The fourth-order valence-corrected chi connectivity index (χ4v) is 6.65. The summed E-state index contributed by atoms with van der Waals surface area (Å²) in [5.74, 6) is -1.47. The van der Waals surface area contributed by atoms with Gasteiger partial charge in [0.05, 0.1) is 16.8 Å². The van der Waals surface area contributed by atoms with Crippen LogP contribution in [-0.4, -0.2) is 84.3 Å². The maximum atomic E-state index is 13.5. The fourth-order valence-electron chi connectivity index (χ4n) is 6.65. The van der Waals surface area contributed by atoms with Crippen LogP contribution in [0.1, 0.15) is 64.8 Å². The number of anilines is 1. The summed E-state index contributed by atoms with van der Waals surface area (Å²) in [6.45, 7) is 4.65. The van der Waals surface area contributed by atoms with Crippen LogP contribution in [0.4, 0.5) is 10.5 Å². The van der Waals surface area contributed by atoms with Crippen LogP contribution in [0.3, 0.4) is 0 Å². The standard InChI is InChI=1S/C32H37N5O6/c38-27-10-9-26(29(39)34-27)37-30(40)24-7-4-8-25(28(24)31(37)41)36-18-12-21(19-36)11-15-35-16-13-23(14-17-35)33-32(42)43-20-22-5-2-1-3-6-22/h1-8,21,23,26H,9-20H2,(H,33,42)(H,34,38,39). The summed E-state index contributed by atoms with van der Waals surface area (Å²) >= 11 is 0. The highest BCUT2D eigenvalue weighted by atomic mass is 16.5. The van der Waals surface area contributed by atoms with Gasteiger partial charge in [-0.15, -0.1) is 0 Å². The molecule has 0 aliphatic carbocycles. The number of hydrogen-bond acceptors (Lipinski definition) is 8. The second-order valence-corrected chi connectivity index (χ2v) is 11.9. The van der Waals surface area contributed by atoms with Gasteiger partial charge in [0.1, 0.15) is 12.6 Å². The lowest BCUT2D eigenvalue weighted by Crippen LogP contribution is -2.54. The van der Waals surface area contributed by atoms with Crippen molar-refractivity contribution in [2.75, 3.05) is 37.6 Å². The van der Waals surface area contributed by atoms with E-state index in [2.05, 4.69) is 20.4 Å². The van der Waals surface area contributed by atoms with Crippen LogP contribution in [0.15, 0.2) is 48.5 Å². The molecular weight excluding hydrogens is 550 g/mol. The maximum absolute atomic E-state index is 13.5. The monoisotopic (exact) mass is 587 g/mol. The van der Waals surface area contributed by atoms with Gasteiger partial charge in [-0.25, -0.2) is 4.79 Å². The van der Waals surface area contributed by atoms with Gasteiger partial charge in [-0.3, -0.25) is 29.4 Å². The number of ether oxygens (including phenoxy) is 1. The number of amides is 5. The third-order valence-corrected chi connectivity index (χ3v) is 9.05. The largest absolute Gasteiger partial charge is 0.445 e. The molecule has 0 saturated carbocycles. The summed E-state index contributed by atoms with van der Waals surface area (Å²) in [7, 11) is 0. The lowest BCUT2D eigenvalue weighted by atomic mass is 10.0. The van der Waals surface area contributed by atoms with Gasteiger partial charge in [0, 0.05) is 38.6 Å². The zero-order valence-electron chi connectivity index (χ0n) is 24.1. The number of likely N-dealkylation sites (tertiary alicyclic amines) is 1. The predicted molar refractivity (Wildman–Crippen MR) is 157 cm³/mol. The molecule has 0 bridgehead atoms. The molecule has 4 heterocycles. The van der Waals surface area contributed by atoms with Crippen molar-refractivity contribution in [1.29, 1.82) is 0 Å². The van der Waals surface area contributed by atoms with E-state index in [9.17, 15) is 24.0 Å². The summed E-state index contributed by atoms with van der Waals surface area (Å²) in [6, 6.07) is 14.1. The number of carbonyl (C=O) groups excluding carboxylic acids is 5. The molecule has 2 atom stereocenters. The second-order valence-electron chi connectivity index (χ2n) is 11.9. The van der Waals surface area contributed by atoms with Crippen LogP contribution in [0, 0.1) is 5.92 Å². The molecule has 2 aromatic carbocycles. The molecule has 0 aromatic heterocycles. The lowest BCUT2D eigenvalue weighted by molar-refractivity contribution is -0.136. The number of benzene rings is 2. The Morgan fingerprint density at radius 3 is 2.47 bits per heavy atom. The highest BCUT2D eigenvalue weighted by Gasteiger charge is 2.46. The van der Waals surface area contributed by atoms with Crippen LogP contribution in [0.5, 0.6) is 0 Å². The highest BCUT2D eigenvalue weighted by molar-refractivity contribution is 6.25. The minimum Gasteiger partial charge on any atom is -0.445 e. The molecule has 11 nitrogen and oxygen atoms in total. The number of imide groups is 2. The minimum absolute atomic E-state index is 0.0972. The normalized spacial score (nSPS) is 23.0. The first kappa shape index (κ1) is 28.9. The summed E-state index contributed by atoms with van der Waals surface area (Å²) in [5, 5.41) is 5.25. The summed E-state index contributed by atoms with van der Waals surface area (Å²) < 4.78 is 5.36. The Hall–Kier alpha value is -4.25. The Labute approximate surface area is 250 Å². The van der Waals surface area contributed by atoms with Crippen molar-refractivity contribution in [2.24, 2.45) is 5.92 Å². The minimum atomic E-state index is -0.969. The van der Waals surface area contributed by atoms with Gasteiger partial charge in [-0.05, 0) is 62.3 Å². The zero-order chi connectivity index (χ0) is 29.9. The van der Waals surface area contributed by atoms with E-state index in [1.54, 1.807) is 12.1 Å². The number of nitrogens with zero attached hydrogens (tertiary/aromatic N) is 3.